The van der Waals surface area contributed by atoms with Gasteiger partial charge in [-0.3, -0.25) is 0 Å². The second-order valence-electron chi connectivity index (χ2n) is 12.2. The summed E-state index contributed by atoms with van der Waals surface area (Å²) < 4.78 is 12.8. The highest BCUT2D eigenvalue weighted by molar-refractivity contribution is 6.26. The number of rotatable bonds is 5. The summed E-state index contributed by atoms with van der Waals surface area (Å²) >= 11 is 0. The highest BCUT2D eigenvalue weighted by Crippen LogP contribution is 2.43. The van der Waals surface area contributed by atoms with Crippen LogP contribution in [0, 0.1) is 0 Å². The summed E-state index contributed by atoms with van der Waals surface area (Å²) in [6.45, 7) is 0. The van der Waals surface area contributed by atoms with E-state index in [1.165, 1.54) is 0 Å². The predicted octanol–water partition coefficient (Wildman–Crippen LogP) is 11.4. The topological polar surface area (TPSA) is 77.8 Å². The van der Waals surface area contributed by atoms with E-state index < -0.39 is 0 Å². The third-order valence-corrected chi connectivity index (χ3v) is 9.18. The number of hydrogen-bond acceptors (Lipinski definition) is 6. The van der Waals surface area contributed by atoms with Crippen LogP contribution in [0.4, 0.5) is 0 Å². The number of furan rings is 2. The Morgan fingerprint density at radius 3 is 1.30 bits per heavy atom. The first-order chi connectivity index (χ1) is 24.8. The highest BCUT2D eigenvalue weighted by Gasteiger charge is 2.22. The largest absolute Gasteiger partial charge is 0.454 e. The van der Waals surface area contributed by atoms with E-state index >= 15 is 0 Å². The van der Waals surface area contributed by atoms with Crippen molar-refractivity contribution < 1.29 is 8.83 Å². The van der Waals surface area contributed by atoms with Crippen molar-refractivity contribution >= 4 is 44.0 Å². The second-order valence-corrected chi connectivity index (χ2v) is 12.2. The van der Waals surface area contributed by atoms with Crippen LogP contribution in [-0.2, 0) is 0 Å². The smallest absolute Gasteiger partial charge is 0.228 e. The molecule has 6 heteroatoms. The van der Waals surface area contributed by atoms with Crippen molar-refractivity contribution in [2.45, 2.75) is 0 Å². The molecule has 6 aromatic carbocycles. The van der Waals surface area contributed by atoms with Gasteiger partial charge >= 0.3 is 0 Å². The van der Waals surface area contributed by atoms with Crippen LogP contribution >= 0.6 is 0 Å². The van der Waals surface area contributed by atoms with Crippen LogP contribution in [0.15, 0.2) is 167 Å². The maximum Gasteiger partial charge on any atom is 0.228 e. The number of fused-ring (bicyclic) bond motifs is 7. The maximum atomic E-state index is 6.49. The average Bonchev–Trinajstić information content (AvgIpc) is 3.77. The molecule has 4 aromatic heterocycles. The molecule has 50 heavy (non-hydrogen) atoms. The van der Waals surface area contributed by atoms with Gasteiger partial charge in [-0.25, -0.2) is 19.9 Å². The van der Waals surface area contributed by atoms with E-state index in [1.54, 1.807) is 0 Å². The lowest BCUT2D eigenvalue weighted by Crippen LogP contribution is -2.00. The van der Waals surface area contributed by atoms with E-state index in [0.29, 0.717) is 23.2 Å². The van der Waals surface area contributed by atoms with Gasteiger partial charge in [0, 0.05) is 38.4 Å². The van der Waals surface area contributed by atoms with Crippen molar-refractivity contribution in [1.82, 2.24) is 19.9 Å². The fourth-order valence-corrected chi connectivity index (χ4v) is 6.73. The number of nitrogens with zero attached hydrogens (tertiary/aromatic N) is 4. The first kappa shape index (κ1) is 28.1. The third kappa shape index (κ3) is 4.65. The Morgan fingerprint density at radius 1 is 0.320 bits per heavy atom. The molecule has 0 aliphatic rings. The molecule has 0 fully saturated rings. The van der Waals surface area contributed by atoms with Crippen molar-refractivity contribution in [2.24, 2.45) is 0 Å². The number of pyridine rings is 1. The molecule has 0 saturated heterocycles. The molecule has 0 N–H and O–H groups in total. The minimum absolute atomic E-state index is 0.601. The first-order valence-corrected chi connectivity index (χ1v) is 16.5. The molecule has 4 heterocycles. The van der Waals surface area contributed by atoms with Crippen molar-refractivity contribution in [2.75, 3.05) is 0 Å². The molecule has 0 radical (unpaired) electrons. The van der Waals surface area contributed by atoms with Gasteiger partial charge in [-0.15, -0.1) is 0 Å². The van der Waals surface area contributed by atoms with Crippen LogP contribution in [0.5, 0.6) is 0 Å². The number of aromatic nitrogens is 4. The van der Waals surface area contributed by atoms with Gasteiger partial charge in [-0.05, 0) is 23.3 Å². The van der Waals surface area contributed by atoms with E-state index in [-0.39, 0.29) is 0 Å². The molecule has 0 amide bonds. The highest BCUT2D eigenvalue weighted by atomic mass is 16.3. The standard InChI is InChI=1S/C44H26N4O2/c1-3-11-30(12-4-1)41-46-42(31-13-5-2-6-14-31)48-43(47-41)32-25-21-28(22-26-32)27-19-23-29(24-20-27)39-40-37(33-15-7-9-17-35(33)49-40)38-34-16-8-10-18-36(34)50-44(38)45-39/h1-26H. The Morgan fingerprint density at radius 2 is 0.740 bits per heavy atom. The van der Waals surface area contributed by atoms with Crippen LogP contribution < -0.4 is 0 Å². The lowest BCUT2D eigenvalue weighted by molar-refractivity contribution is 0.650. The number of benzene rings is 6. The maximum absolute atomic E-state index is 6.49. The monoisotopic (exact) mass is 642 g/mol. The van der Waals surface area contributed by atoms with E-state index in [1.807, 2.05) is 97.1 Å². The van der Waals surface area contributed by atoms with Crippen molar-refractivity contribution in [3.8, 4) is 56.5 Å². The Hall–Kier alpha value is -6.92. The fourth-order valence-electron chi connectivity index (χ4n) is 6.73. The molecule has 0 atom stereocenters. The molecule has 0 bridgehead atoms. The molecule has 0 saturated carbocycles. The zero-order chi connectivity index (χ0) is 33.0. The Balaban J connectivity index is 1.03. The molecule has 234 valence electrons. The quantitative estimate of drug-likeness (QED) is 0.186. The van der Waals surface area contributed by atoms with Gasteiger partial charge in [0.1, 0.15) is 16.9 Å². The Bertz CT molecular complexity index is 2780. The molecule has 0 aliphatic carbocycles. The Kier molecular flexibility index (Phi) is 6.39. The summed E-state index contributed by atoms with van der Waals surface area (Å²) in [5.41, 5.74) is 9.65. The second kappa shape index (κ2) is 11.4. The normalized spacial score (nSPS) is 11.6. The van der Waals surface area contributed by atoms with Gasteiger partial charge in [0.05, 0.1) is 5.39 Å². The van der Waals surface area contributed by atoms with Crippen LogP contribution in [0.3, 0.4) is 0 Å². The zero-order valence-corrected chi connectivity index (χ0v) is 26.6. The van der Waals surface area contributed by atoms with Gasteiger partial charge in [-0.1, -0.05) is 146 Å². The summed E-state index contributed by atoms with van der Waals surface area (Å²) in [4.78, 5) is 19.6. The molecule has 6 nitrogen and oxygen atoms in total. The van der Waals surface area contributed by atoms with Gasteiger partial charge in [0.2, 0.25) is 5.71 Å². The predicted molar refractivity (Wildman–Crippen MR) is 199 cm³/mol. The number of hydrogen-bond donors (Lipinski definition) is 0. The molecule has 0 aliphatic heterocycles. The minimum Gasteiger partial charge on any atom is -0.454 e. The summed E-state index contributed by atoms with van der Waals surface area (Å²) in [5, 5.41) is 4.08. The van der Waals surface area contributed by atoms with Gasteiger partial charge < -0.3 is 8.83 Å². The van der Waals surface area contributed by atoms with E-state index in [2.05, 4.69) is 60.7 Å². The van der Waals surface area contributed by atoms with Gasteiger partial charge in [0.25, 0.3) is 0 Å². The van der Waals surface area contributed by atoms with E-state index in [4.69, 9.17) is 28.8 Å². The number of para-hydroxylation sites is 2. The molecule has 10 aromatic rings. The molecule has 0 unspecified atom stereocenters. The SMILES string of the molecule is c1ccc(-c2nc(-c3ccccc3)nc(-c3ccc(-c4ccc(-c5nc6oc7ccccc7c6c6c5oc5ccccc56)cc4)cc3)n2)cc1. The zero-order valence-electron chi connectivity index (χ0n) is 26.6. The minimum atomic E-state index is 0.601. The molecular formula is C44H26N4O2. The van der Waals surface area contributed by atoms with Crippen LogP contribution in [0.2, 0.25) is 0 Å². The van der Waals surface area contributed by atoms with Crippen molar-refractivity contribution in [3.63, 3.8) is 0 Å². The van der Waals surface area contributed by atoms with E-state index in [9.17, 15) is 0 Å². The van der Waals surface area contributed by atoms with Gasteiger partial charge in [0.15, 0.2) is 23.1 Å². The van der Waals surface area contributed by atoms with Crippen LogP contribution in [-0.4, -0.2) is 19.9 Å². The van der Waals surface area contributed by atoms with Gasteiger partial charge in [-0.2, -0.15) is 0 Å². The summed E-state index contributed by atoms with van der Waals surface area (Å²) in [6.07, 6.45) is 0. The fraction of sp³-hybridized carbons (Fsp3) is 0. The lowest BCUT2D eigenvalue weighted by atomic mass is 10.00. The van der Waals surface area contributed by atoms with Crippen molar-refractivity contribution in [3.05, 3.63) is 158 Å². The first-order valence-electron chi connectivity index (χ1n) is 16.5. The Labute approximate surface area is 286 Å². The van der Waals surface area contributed by atoms with Crippen molar-refractivity contribution in [1.29, 1.82) is 0 Å². The molecule has 0 spiro atoms. The van der Waals surface area contributed by atoms with E-state index in [0.717, 1.165) is 77.4 Å². The van der Waals surface area contributed by atoms with Crippen LogP contribution in [0.1, 0.15) is 0 Å². The molecular weight excluding hydrogens is 617 g/mol. The summed E-state index contributed by atoms with van der Waals surface area (Å²) in [5.74, 6) is 1.91. The van der Waals surface area contributed by atoms with Crippen LogP contribution in [0.25, 0.3) is 101 Å². The molecule has 10 rings (SSSR count). The lowest BCUT2D eigenvalue weighted by Gasteiger charge is -2.09. The summed E-state index contributed by atoms with van der Waals surface area (Å²) in [6, 6.07) is 53.0. The average molecular weight is 643 g/mol. The third-order valence-electron chi connectivity index (χ3n) is 9.18. The summed E-state index contributed by atoms with van der Waals surface area (Å²) in [7, 11) is 0.